The Hall–Kier alpha value is -1.58. The van der Waals surface area contributed by atoms with Crippen molar-refractivity contribution >= 4 is 5.97 Å². The number of pyridine rings is 1. The zero-order valence-corrected chi connectivity index (χ0v) is 8.56. The van der Waals surface area contributed by atoms with Crippen LogP contribution < -0.4 is 5.43 Å². The third-order valence-electron chi connectivity index (χ3n) is 2.73. The number of carboxylic acid groups (broad SMARTS) is 1. The number of carboxylic acids is 1. The van der Waals surface area contributed by atoms with Crippen LogP contribution in [-0.2, 0) is 6.54 Å². The first-order chi connectivity index (χ1) is 7.08. The summed E-state index contributed by atoms with van der Waals surface area (Å²) < 4.78 is 1.86. The Morgan fingerprint density at radius 1 is 1.60 bits per heavy atom. The predicted octanol–water partition coefficient (Wildman–Crippen LogP) is 1.26. The number of aromatic carboxylic acids is 1. The van der Waals surface area contributed by atoms with Crippen molar-refractivity contribution in [3.63, 3.8) is 0 Å². The van der Waals surface area contributed by atoms with Crippen LogP contribution in [0.25, 0.3) is 0 Å². The quantitative estimate of drug-likeness (QED) is 0.811. The molecule has 80 valence electrons. The molecule has 0 aromatic carbocycles. The van der Waals surface area contributed by atoms with Gasteiger partial charge in [-0.25, -0.2) is 4.79 Å². The molecule has 0 aliphatic heterocycles. The first kappa shape index (κ1) is 9.96. The van der Waals surface area contributed by atoms with Crippen molar-refractivity contribution in [2.45, 2.75) is 26.3 Å². The minimum Gasteiger partial charge on any atom is -0.477 e. The summed E-state index contributed by atoms with van der Waals surface area (Å²) in [6.07, 6.45) is 3.86. The molecule has 4 heteroatoms. The van der Waals surface area contributed by atoms with Crippen LogP contribution in [0.4, 0.5) is 0 Å². The molecule has 0 amide bonds. The number of nitrogens with zero attached hydrogens (tertiary/aromatic N) is 1. The zero-order valence-electron chi connectivity index (χ0n) is 8.56. The van der Waals surface area contributed by atoms with Gasteiger partial charge >= 0.3 is 5.97 Å². The van der Waals surface area contributed by atoms with Crippen LogP contribution in [0.15, 0.2) is 17.1 Å². The molecule has 0 unspecified atom stereocenters. The number of rotatable bonds is 3. The molecule has 2 rings (SSSR count). The number of aromatic nitrogens is 1. The van der Waals surface area contributed by atoms with E-state index in [9.17, 15) is 9.59 Å². The zero-order chi connectivity index (χ0) is 11.0. The van der Waals surface area contributed by atoms with E-state index in [1.807, 2.05) is 11.5 Å². The number of hydrogen-bond acceptors (Lipinski definition) is 2. The van der Waals surface area contributed by atoms with Gasteiger partial charge in [0.05, 0.1) is 0 Å². The van der Waals surface area contributed by atoms with Gasteiger partial charge in [0.15, 0.2) is 5.43 Å². The second kappa shape index (κ2) is 3.53. The summed E-state index contributed by atoms with van der Waals surface area (Å²) in [4.78, 5) is 22.1. The number of aryl methyl sites for hydroxylation is 1. The molecule has 1 saturated carbocycles. The van der Waals surface area contributed by atoms with E-state index in [4.69, 9.17) is 5.11 Å². The van der Waals surface area contributed by atoms with E-state index >= 15 is 0 Å². The normalized spacial score (nSPS) is 15.3. The molecule has 1 fully saturated rings. The maximum Gasteiger partial charge on any atom is 0.341 e. The highest BCUT2D eigenvalue weighted by Crippen LogP contribution is 2.30. The van der Waals surface area contributed by atoms with Crippen molar-refractivity contribution in [3.05, 3.63) is 33.7 Å². The Kier molecular flexibility index (Phi) is 2.34. The van der Waals surface area contributed by atoms with Gasteiger partial charge in [-0.05, 0) is 25.7 Å². The molecule has 1 aliphatic rings. The molecule has 1 aliphatic carbocycles. The lowest BCUT2D eigenvalue weighted by Gasteiger charge is -2.10. The molecule has 4 nitrogen and oxygen atoms in total. The number of hydrogen-bond donors (Lipinski definition) is 1. The maximum absolute atomic E-state index is 11.3. The third-order valence-corrected chi connectivity index (χ3v) is 2.73. The Morgan fingerprint density at radius 3 is 2.80 bits per heavy atom. The summed E-state index contributed by atoms with van der Waals surface area (Å²) in [5.74, 6) is -0.489. The SMILES string of the molecule is Cc1cc(=O)c(C(=O)O)cn1CC1CC1. The lowest BCUT2D eigenvalue weighted by Crippen LogP contribution is -2.19. The van der Waals surface area contributed by atoms with Crippen molar-refractivity contribution in [2.24, 2.45) is 5.92 Å². The van der Waals surface area contributed by atoms with Crippen LogP contribution >= 0.6 is 0 Å². The smallest absolute Gasteiger partial charge is 0.341 e. The second-order valence-electron chi connectivity index (χ2n) is 4.09. The van der Waals surface area contributed by atoms with Gasteiger partial charge in [0.25, 0.3) is 0 Å². The van der Waals surface area contributed by atoms with Gasteiger partial charge in [0.2, 0.25) is 0 Å². The molecule has 0 radical (unpaired) electrons. The van der Waals surface area contributed by atoms with E-state index in [0.29, 0.717) is 5.92 Å². The van der Waals surface area contributed by atoms with Crippen molar-refractivity contribution in [3.8, 4) is 0 Å². The molecule has 1 aromatic heterocycles. The molecule has 15 heavy (non-hydrogen) atoms. The lowest BCUT2D eigenvalue weighted by molar-refractivity contribution is 0.0694. The largest absolute Gasteiger partial charge is 0.477 e. The van der Waals surface area contributed by atoms with Gasteiger partial charge in [0, 0.05) is 24.5 Å². The summed E-state index contributed by atoms with van der Waals surface area (Å²) in [6.45, 7) is 2.65. The summed E-state index contributed by atoms with van der Waals surface area (Å²) >= 11 is 0. The van der Waals surface area contributed by atoms with Gasteiger partial charge in [-0.15, -0.1) is 0 Å². The molecular weight excluding hydrogens is 194 g/mol. The van der Waals surface area contributed by atoms with Crippen molar-refractivity contribution in [1.29, 1.82) is 0 Å². The van der Waals surface area contributed by atoms with E-state index in [0.717, 1.165) is 12.2 Å². The van der Waals surface area contributed by atoms with Gasteiger partial charge in [0.1, 0.15) is 5.56 Å². The predicted molar refractivity (Wildman–Crippen MR) is 55.1 cm³/mol. The summed E-state index contributed by atoms with van der Waals surface area (Å²) in [5, 5.41) is 8.82. The molecule has 0 atom stereocenters. The molecule has 0 spiro atoms. The van der Waals surface area contributed by atoms with Crippen molar-refractivity contribution in [1.82, 2.24) is 4.57 Å². The van der Waals surface area contributed by atoms with Crippen LogP contribution in [0.1, 0.15) is 28.9 Å². The van der Waals surface area contributed by atoms with Crippen molar-refractivity contribution in [2.75, 3.05) is 0 Å². The minimum absolute atomic E-state index is 0.138. The second-order valence-corrected chi connectivity index (χ2v) is 4.09. The topological polar surface area (TPSA) is 59.3 Å². The van der Waals surface area contributed by atoms with Gasteiger partial charge in [-0.1, -0.05) is 0 Å². The molecular formula is C11H13NO3. The Labute approximate surface area is 87.2 Å². The van der Waals surface area contributed by atoms with Gasteiger partial charge < -0.3 is 9.67 Å². The molecule has 0 bridgehead atoms. The van der Waals surface area contributed by atoms with E-state index in [1.165, 1.54) is 25.1 Å². The molecule has 1 N–H and O–H groups in total. The van der Waals surface area contributed by atoms with E-state index in [2.05, 4.69) is 0 Å². The maximum atomic E-state index is 11.3. The van der Waals surface area contributed by atoms with Gasteiger partial charge in [-0.2, -0.15) is 0 Å². The van der Waals surface area contributed by atoms with Crippen LogP contribution in [0.2, 0.25) is 0 Å². The highest BCUT2D eigenvalue weighted by atomic mass is 16.4. The summed E-state index contributed by atoms with van der Waals surface area (Å²) in [5.41, 5.74) is 0.283. The summed E-state index contributed by atoms with van der Waals surface area (Å²) in [7, 11) is 0. The first-order valence-corrected chi connectivity index (χ1v) is 5.02. The fraction of sp³-hybridized carbons (Fsp3) is 0.455. The fourth-order valence-corrected chi connectivity index (χ4v) is 1.61. The highest BCUT2D eigenvalue weighted by molar-refractivity contribution is 5.87. The van der Waals surface area contributed by atoms with Gasteiger partial charge in [-0.3, -0.25) is 4.79 Å². The van der Waals surface area contributed by atoms with Crippen molar-refractivity contribution < 1.29 is 9.90 Å². The average Bonchev–Trinajstić information content (AvgIpc) is 2.92. The first-order valence-electron chi connectivity index (χ1n) is 5.02. The van der Waals surface area contributed by atoms with Crippen LogP contribution in [-0.4, -0.2) is 15.6 Å². The molecule has 1 aromatic rings. The third kappa shape index (κ3) is 2.09. The number of carbonyl (C=O) groups is 1. The Morgan fingerprint density at radius 2 is 2.27 bits per heavy atom. The Balaban J connectivity index is 2.40. The minimum atomic E-state index is -1.15. The standard InChI is InChI=1S/C11H13NO3/c1-7-4-10(13)9(11(14)15)6-12(7)5-8-2-3-8/h4,6,8H,2-3,5H2,1H3,(H,14,15). The van der Waals surface area contributed by atoms with Crippen LogP contribution in [0, 0.1) is 12.8 Å². The monoisotopic (exact) mass is 207 g/mol. The van der Waals surface area contributed by atoms with Crippen LogP contribution in [0.3, 0.4) is 0 Å². The Bertz CT molecular complexity index is 457. The highest BCUT2D eigenvalue weighted by Gasteiger charge is 2.22. The van der Waals surface area contributed by atoms with Crippen LogP contribution in [0.5, 0.6) is 0 Å². The molecule has 1 heterocycles. The average molecular weight is 207 g/mol. The summed E-state index contributed by atoms with van der Waals surface area (Å²) in [6, 6.07) is 1.39. The molecule has 0 saturated heterocycles. The lowest BCUT2D eigenvalue weighted by atomic mass is 10.2. The van der Waals surface area contributed by atoms with E-state index < -0.39 is 11.4 Å². The van der Waals surface area contributed by atoms with E-state index in [-0.39, 0.29) is 5.56 Å². The van der Waals surface area contributed by atoms with E-state index in [1.54, 1.807) is 0 Å². The fourth-order valence-electron chi connectivity index (χ4n) is 1.61.